The van der Waals surface area contributed by atoms with E-state index < -0.39 is 5.60 Å². The number of ether oxygens (including phenoxy) is 1. The quantitative estimate of drug-likeness (QED) is 0.737. The van der Waals surface area contributed by atoms with Crippen molar-refractivity contribution < 1.29 is 9.53 Å². The molecule has 0 aliphatic heterocycles. The molecule has 6 heteroatoms. The molecule has 1 aliphatic rings. The van der Waals surface area contributed by atoms with Gasteiger partial charge >= 0.3 is 6.09 Å². The lowest BCUT2D eigenvalue weighted by Gasteiger charge is -2.31. The van der Waals surface area contributed by atoms with Crippen molar-refractivity contribution in [2.24, 2.45) is 0 Å². The van der Waals surface area contributed by atoms with Crippen LogP contribution in [0.5, 0.6) is 0 Å². The third-order valence-electron chi connectivity index (χ3n) is 4.79. The van der Waals surface area contributed by atoms with Gasteiger partial charge in [0.2, 0.25) is 0 Å². The molecule has 3 N–H and O–H groups in total. The van der Waals surface area contributed by atoms with Gasteiger partial charge in [-0.3, -0.25) is 0 Å². The summed E-state index contributed by atoms with van der Waals surface area (Å²) in [4.78, 5) is 16.7. The molecule has 0 unspecified atom stereocenters. The first-order valence-corrected chi connectivity index (χ1v) is 9.67. The standard InChI is InChI=1S/C21H30N4O2/c1-21(2,3)27-20(26)24-15-11-9-14(10-12-15)23-19-13-18(22-4)16-7-5-6-8-17(16)25-19/h5-8,13-15H,9-12H2,1-4H3,(H,24,26)(H2,22,23,25). The van der Waals surface area contributed by atoms with E-state index in [-0.39, 0.29) is 12.1 Å². The normalized spacial score (nSPS) is 20.1. The van der Waals surface area contributed by atoms with Gasteiger partial charge in [-0.2, -0.15) is 0 Å². The number of aromatic nitrogens is 1. The van der Waals surface area contributed by atoms with Crippen molar-refractivity contribution in [2.45, 2.75) is 64.1 Å². The van der Waals surface area contributed by atoms with Crippen molar-refractivity contribution >= 4 is 28.5 Å². The first kappa shape index (κ1) is 19.3. The number of pyridine rings is 1. The fourth-order valence-corrected chi connectivity index (χ4v) is 3.52. The summed E-state index contributed by atoms with van der Waals surface area (Å²) in [6.07, 6.45) is 3.52. The Kier molecular flexibility index (Phi) is 5.73. The van der Waals surface area contributed by atoms with Gasteiger partial charge in [0, 0.05) is 36.3 Å². The van der Waals surface area contributed by atoms with Crippen LogP contribution in [0.2, 0.25) is 0 Å². The lowest BCUT2D eigenvalue weighted by molar-refractivity contribution is 0.0492. The fourth-order valence-electron chi connectivity index (χ4n) is 3.52. The summed E-state index contributed by atoms with van der Waals surface area (Å²) in [6, 6.07) is 10.7. The van der Waals surface area contributed by atoms with Crippen LogP contribution in [0.1, 0.15) is 46.5 Å². The lowest BCUT2D eigenvalue weighted by atomic mass is 9.91. The van der Waals surface area contributed by atoms with Crippen molar-refractivity contribution in [3.63, 3.8) is 0 Å². The number of nitrogens with one attached hydrogen (secondary N) is 3. The Morgan fingerprint density at radius 3 is 2.44 bits per heavy atom. The molecule has 146 valence electrons. The number of carbonyl (C=O) groups excluding carboxylic acids is 1. The molecule has 1 aromatic carbocycles. The first-order chi connectivity index (χ1) is 12.8. The Labute approximate surface area is 161 Å². The van der Waals surface area contributed by atoms with Gasteiger partial charge < -0.3 is 20.7 Å². The van der Waals surface area contributed by atoms with Gasteiger partial charge in [-0.15, -0.1) is 0 Å². The summed E-state index contributed by atoms with van der Waals surface area (Å²) in [5.41, 5.74) is 1.59. The Morgan fingerprint density at radius 2 is 1.78 bits per heavy atom. The Bertz CT molecular complexity index is 792. The summed E-state index contributed by atoms with van der Waals surface area (Å²) >= 11 is 0. The molecule has 6 nitrogen and oxygen atoms in total. The molecule has 1 saturated carbocycles. The molecule has 1 amide bonds. The topological polar surface area (TPSA) is 75.3 Å². The molecule has 2 aromatic rings. The highest BCUT2D eigenvalue weighted by Gasteiger charge is 2.25. The molecular formula is C21H30N4O2. The number of anilines is 2. The van der Waals surface area contributed by atoms with Crippen molar-refractivity contribution in [1.29, 1.82) is 0 Å². The molecule has 0 bridgehead atoms. The van der Waals surface area contributed by atoms with Crippen LogP contribution in [-0.4, -0.2) is 35.8 Å². The number of carbonyl (C=O) groups is 1. The maximum absolute atomic E-state index is 11.9. The molecule has 3 rings (SSSR count). The van der Waals surface area contributed by atoms with Crippen molar-refractivity contribution in [3.8, 4) is 0 Å². The number of hydrogen-bond donors (Lipinski definition) is 3. The highest BCUT2D eigenvalue weighted by Crippen LogP contribution is 2.27. The highest BCUT2D eigenvalue weighted by atomic mass is 16.6. The summed E-state index contributed by atoms with van der Waals surface area (Å²) in [6.45, 7) is 5.64. The number of alkyl carbamates (subject to hydrolysis) is 1. The van der Waals surface area contributed by atoms with E-state index >= 15 is 0 Å². The zero-order valence-corrected chi connectivity index (χ0v) is 16.6. The van der Waals surface area contributed by atoms with Gasteiger partial charge in [-0.1, -0.05) is 18.2 Å². The Morgan fingerprint density at radius 1 is 1.11 bits per heavy atom. The number of amides is 1. The summed E-state index contributed by atoms with van der Waals surface area (Å²) in [7, 11) is 1.93. The SMILES string of the molecule is CNc1cc(NC2CCC(NC(=O)OC(C)(C)C)CC2)nc2ccccc12. The minimum atomic E-state index is -0.463. The third kappa shape index (κ3) is 5.25. The van der Waals surface area contributed by atoms with Crippen molar-refractivity contribution in [1.82, 2.24) is 10.3 Å². The number of fused-ring (bicyclic) bond motifs is 1. The second kappa shape index (κ2) is 8.03. The van der Waals surface area contributed by atoms with E-state index in [1.165, 1.54) is 0 Å². The number of nitrogens with zero attached hydrogens (tertiary/aromatic N) is 1. The predicted molar refractivity (Wildman–Crippen MR) is 110 cm³/mol. The average Bonchev–Trinajstić information content (AvgIpc) is 2.61. The van der Waals surface area contributed by atoms with E-state index in [1.807, 2.05) is 46.0 Å². The summed E-state index contributed by atoms with van der Waals surface area (Å²) < 4.78 is 5.35. The number of rotatable bonds is 4. The van der Waals surface area contributed by atoms with E-state index in [1.54, 1.807) is 0 Å². The van der Waals surface area contributed by atoms with Gasteiger partial charge in [-0.05, 0) is 52.5 Å². The van der Waals surface area contributed by atoms with Crippen LogP contribution in [0, 0.1) is 0 Å². The number of hydrogen-bond acceptors (Lipinski definition) is 5. The maximum atomic E-state index is 11.9. The predicted octanol–water partition coefficient (Wildman–Crippen LogP) is 4.52. The number of benzene rings is 1. The Hall–Kier alpha value is -2.50. The van der Waals surface area contributed by atoms with E-state index in [2.05, 4.69) is 28.1 Å². The van der Waals surface area contributed by atoms with Crippen molar-refractivity contribution in [2.75, 3.05) is 17.7 Å². The molecular weight excluding hydrogens is 340 g/mol. The van der Waals surface area contributed by atoms with E-state index in [0.29, 0.717) is 6.04 Å². The largest absolute Gasteiger partial charge is 0.444 e. The molecule has 0 spiro atoms. The average molecular weight is 370 g/mol. The monoisotopic (exact) mass is 370 g/mol. The van der Waals surface area contributed by atoms with Crippen LogP contribution < -0.4 is 16.0 Å². The van der Waals surface area contributed by atoms with Crippen LogP contribution in [0.25, 0.3) is 10.9 Å². The van der Waals surface area contributed by atoms with Gasteiger partial charge in [0.05, 0.1) is 5.52 Å². The van der Waals surface area contributed by atoms with Crippen LogP contribution in [-0.2, 0) is 4.74 Å². The van der Waals surface area contributed by atoms with Crippen molar-refractivity contribution in [3.05, 3.63) is 30.3 Å². The van der Waals surface area contributed by atoms with Crippen LogP contribution in [0.15, 0.2) is 30.3 Å². The smallest absolute Gasteiger partial charge is 0.407 e. The zero-order chi connectivity index (χ0) is 19.4. The molecule has 0 radical (unpaired) electrons. The third-order valence-corrected chi connectivity index (χ3v) is 4.79. The molecule has 0 atom stereocenters. The van der Waals surface area contributed by atoms with E-state index in [0.717, 1.165) is 48.1 Å². The summed E-state index contributed by atoms with van der Waals surface area (Å²) in [5.74, 6) is 0.890. The molecule has 1 fully saturated rings. The van der Waals surface area contributed by atoms with E-state index in [9.17, 15) is 4.79 Å². The first-order valence-electron chi connectivity index (χ1n) is 9.67. The maximum Gasteiger partial charge on any atom is 0.407 e. The van der Waals surface area contributed by atoms with Crippen LogP contribution in [0.3, 0.4) is 0 Å². The summed E-state index contributed by atoms with van der Waals surface area (Å²) in [5, 5.41) is 10.9. The van der Waals surface area contributed by atoms with E-state index in [4.69, 9.17) is 9.72 Å². The molecule has 27 heavy (non-hydrogen) atoms. The molecule has 0 saturated heterocycles. The highest BCUT2D eigenvalue weighted by molar-refractivity contribution is 5.92. The lowest BCUT2D eigenvalue weighted by Crippen LogP contribution is -2.42. The second-order valence-corrected chi connectivity index (χ2v) is 8.16. The zero-order valence-electron chi connectivity index (χ0n) is 16.6. The molecule has 1 aliphatic carbocycles. The van der Waals surface area contributed by atoms with Gasteiger partial charge in [0.15, 0.2) is 0 Å². The van der Waals surface area contributed by atoms with Gasteiger partial charge in [0.25, 0.3) is 0 Å². The molecule has 1 heterocycles. The number of para-hydroxylation sites is 1. The van der Waals surface area contributed by atoms with Crippen LogP contribution in [0.4, 0.5) is 16.3 Å². The van der Waals surface area contributed by atoms with Crippen LogP contribution >= 0.6 is 0 Å². The second-order valence-electron chi connectivity index (χ2n) is 8.16. The molecule has 1 aromatic heterocycles. The minimum absolute atomic E-state index is 0.176. The van der Waals surface area contributed by atoms with Gasteiger partial charge in [0.1, 0.15) is 11.4 Å². The Balaban J connectivity index is 1.56. The fraction of sp³-hybridized carbons (Fsp3) is 0.524. The minimum Gasteiger partial charge on any atom is -0.444 e. The van der Waals surface area contributed by atoms with Gasteiger partial charge in [-0.25, -0.2) is 9.78 Å².